The van der Waals surface area contributed by atoms with Crippen molar-refractivity contribution >= 4 is 0 Å². The summed E-state index contributed by atoms with van der Waals surface area (Å²) in [4.78, 5) is 0. The van der Waals surface area contributed by atoms with Gasteiger partial charge in [-0.2, -0.15) is 0 Å². The van der Waals surface area contributed by atoms with Gasteiger partial charge in [0.05, 0.1) is 7.11 Å². The van der Waals surface area contributed by atoms with Crippen molar-refractivity contribution in [3.63, 3.8) is 0 Å². The molecule has 2 aromatic rings. The Labute approximate surface area is 121 Å². The molecule has 0 fully saturated rings. The number of hydrogen-bond donors (Lipinski definition) is 1. The summed E-state index contributed by atoms with van der Waals surface area (Å²) in [7, 11) is 1.71. The van der Waals surface area contributed by atoms with Gasteiger partial charge < -0.3 is 10.1 Å². The van der Waals surface area contributed by atoms with Gasteiger partial charge in [-0.3, -0.25) is 0 Å². The van der Waals surface area contributed by atoms with Gasteiger partial charge >= 0.3 is 0 Å². The number of hydrogen-bond acceptors (Lipinski definition) is 2. The minimum absolute atomic E-state index is 0.346. The second-order valence-corrected chi connectivity index (χ2v) is 5.05. The zero-order valence-corrected chi connectivity index (χ0v) is 12.7. The maximum Gasteiger partial charge on any atom is 0.121 e. The Morgan fingerprint density at radius 3 is 2.55 bits per heavy atom. The predicted octanol–water partition coefficient (Wildman–Crippen LogP) is 4.34. The topological polar surface area (TPSA) is 21.3 Å². The summed E-state index contributed by atoms with van der Waals surface area (Å²) in [6, 6.07) is 15.3. The molecule has 20 heavy (non-hydrogen) atoms. The Hall–Kier alpha value is -1.80. The highest BCUT2D eigenvalue weighted by Crippen LogP contribution is 2.31. The standard InChI is InChI=1S/C18H23NO/c1-5-19-14(3)16-8-6-7-9-17(16)15-10-11-18(20-4)13(2)12-15/h6-12,14,19H,5H2,1-4H3. The van der Waals surface area contributed by atoms with Crippen LogP contribution in [-0.4, -0.2) is 13.7 Å². The first kappa shape index (κ1) is 14.6. The molecule has 0 amide bonds. The molecule has 2 aromatic carbocycles. The molecule has 0 heterocycles. The third-order valence-corrected chi connectivity index (χ3v) is 3.64. The summed E-state index contributed by atoms with van der Waals surface area (Å²) >= 11 is 0. The van der Waals surface area contributed by atoms with Gasteiger partial charge in [0.1, 0.15) is 5.75 Å². The molecule has 2 rings (SSSR count). The van der Waals surface area contributed by atoms with Crippen LogP contribution in [0.3, 0.4) is 0 Å². The second kappa shape index (κ2) is 6.58. The molecule has 0 aliphatic heterocycles. The number of aryl methyl sites for hydroxylation is 1. The van der Waals surface area contributed by atoms with Crippen molar-refractivity contribution in [2.75, 3.05) is 13.7 Å². The number of methoxy groups -OCH3 is 1. The summed E-state index contributed by atoms with van der Waals surface area (Å²) in [5.41, 5.74) is 5.02. The summed E-state index contributed by atoms with van der Waals surface area (Å²) < 4.78 is 5.34. The van der Waals surface area contributed by atoms with Crippen LogP contribution in [0, 0.1) is 6.92 Å². The van der Waals surface area contributed by atoms with Crippen LogP contribution in [0.4, 0.5) is 0 Å². The van der Waals surface area contributed by atoms with Crippen molar-refractivity contribution in [1.82, 2.24) is 5.32 Å². The van der Waals surface area contributed by atoms with Crippen LogP contribution in [0.15, 0.2) is 42.5 Å². The Balaban J connectivity index is 2.44. The summed E-state index contributed by atoms with van der Waals surface area (Å²) in [5, 5.41) is 3.48. The molecule has 2 heteroatoms. The number of nitrogens with one attached hydrogen (secondary N) is 1. The average molecular weight is 269 g/mol. The van der Waals surface area contributed by atoms with E-state index >= 15 is 0 Å². The van der Waals surface area contributed by atoms with E-state index in [2.05, 4.69) is 62.5 Å². The first-order valence-corrected chi connectivity index (χ1v) is 7.14. The Bertz CT molecular complexity index is 577. The van der Waals surface area contributed by atoms with Crippen LogP contribution >= 0.6 is 0 Å². The van der Waals surface area contributed by atoms with E-state index in [1.54, 1.807) is 7.11 Å². The molecule has 0 bridgehead atoms. The molecule has 1 N–H and O–H groups in total. The Morgan fingerprint density at radius 2 is 1.90 bits per heavy atom. The van der Waals surface area contributed by atoms with E-state index in [4.69, 9.17) is 4.74 Å². The molecule has 1 unspecified atom stereocenters. The van der Waals surface area contributed by atoms with Gasteiger partial charge in [-0.1, -0.05) is 37.3 Å². The molecule has 0 aliphatic rings. The Kier molecular flexibility index (Phi) is 4.80. The molecule has 0 aliphatic carbocycles. The maximum absolute atomic E-state index is 5.34. The third-order valence-electron chi connectivity index (χ3n) is 3.64. The first-order chi connectivity index (χ1) is 9.67. The number of ether oxygens (including phenoxy) is 1. The molecule has 1 atom stereocenters. The smallest absolute Gasteiger partial charge is 0.121 e. The van der Waals surface area contributed by atoms with Crippen molar-refractivity contribution in [3.8, 4) is 16.9 Å². The summed E-state index contributed by atoms with van der Waals surface area (Å²) in [6.07, 6.45) is 0. The van der Waals surface area contributed by atoms with Gasteiger partial charge in [-0.05, 0) is 54.8 Å². The lowest BCUT2D eigenvalue weighted by atomic mass is 9.94. The summed E-state index contributed by atoms with van der Waals surface area (Å²) in [6.45, 7) is 7.39. The highest BCUT2D eigenvalue weighted by Gasteiger charge is 2.11. The van der Waals surface area contributed by atoms with Gasteiger partial charge in [-0.15, -0.1) is 0 Å². The van der Waals surface area contributed by atoms with Crippen molar-refractivity contribution in [2.24, 2.45) is 0 Å². The van der Waals surface area contributed by atoms with E-state index in [-0.39, 0.29) is 0 Å². The van der Waals surface area contributed by atoms with E-state index in [1.165, 1.54) is 16.7 Å². The lowest BCUT2D eigenvalue weighted by molar-refractivity contribution is 0.412. The molecule has 0 radical (unpaired) electrons. The largest absolute Gasteiger partial charge is 0.496 e. The van der Waals surface area contributed by atoms with Crippen LogP contribution in [0.1, 0.15) is 31.0 Å². The summed E-state index contributed by atoms with van der Waals surface area (Å²) in [5.74, 6) is 0.936. The molecule has 0 saturated heterocycles. The van der Waals surface area contributed by atoms with Gasteiger partial charge in [0.15, 0.2) is 0 Å². The predicted molar refractivity (Wildman–Crippen MR) is 85.3 cm³/mol. The molecule has 2 nitrogen and oxygen atoms in total. The lowest BCUT2D eigenvalue weighted by Gasteiger charge is -2.18. The fourth-order valence-electron chi connectivity index (χ4n) is 2.60. The molecular formula is C18H23NO. The first-order valence-electron chi connectivity index (χ1n) is 7.14. The second-order valence-electron chi connectivity index (χ2n) is 5.05. The van der Waals surface area contributed by atoms with Crippen molar-refractivity contribution in [1.29, 1.82) is 0 Å². The monoisotopic (exact) mass is 269 g/mol. The van der Waals surface area contributed by atoms with E-state index in [9.17, 15) is 0 Å². The number of benzene rings is 2. The van der Waals surface area contributed by atoms with E-state index in [1.807, 2.05) is 6.07 Å². The average Bonchev–Trinajstić information content (AvgIpc) is 2.47. The van der Waals surface area contributed by atoms with Crippen molar-refractivity contribution in [3.05, 3.63) is 53.6 Å². The van der Waals surface area contributed by atoms with Crippen LogP contribution in [0.2, 0.25) is 0 Å². The molecule has 0 aromatic heterocycles. The minimum atomic E-state index is 0.346. The van der Waals surface area contributed by atoms with Gasteiger partial charge in [-0.25, -0.2) is 0 Å². The van der Waals surface area contributed by atoms with Gasteiger partial charge in [0.2, 0.25) is 0 Å². The van der Waals surface area contributed by atoms with Crippen LogP contribution in [-0.2, 0) is 0 Å². The van der Waals surface area contributed by atoms with Crippen LogP contribution < -0.4 is 10.1 Å². The molecule has 0 spiro atoms. The fraction of sp³-hybridized carbons (Fsp3) is 0.333. The Morgan fingerprint density at radius 1 is 1.15 bits per heavy atom. The van der Waals surface area contributed by atoms with Crippen LogP contribution in [0.5, 0.6) is 5.75 Å². The zero-order valence-electron chi connectivity index (χ0n) is 12.7. The molecular weight excluding hydrogens is 246 g/mol. The van der Waals surface area contributed by atoms with E-state index in [0.29, 0.717) is 6.04 Å². The van der Waals surface area contributed by atoms with Gasteiger partial charge in [0, 0.05) is 6.04 Å². The third kappa shape index (κ3) is 3.02. The van der Waals surface area contributed by atoms with E-state index in [0.717, 1.165) is 17.9 Å². The van der Waals surface area contributed by atoms with Crippen molar-refractivity contribution < 1.29 is 4.74 Å². The normalized spacial score (nSPS) is 12.2. The highest BCUT2D eigenvalue weighted by atomic mass is 16.5. The van der Waals surface area contributed by atoms with Gasteiger partial charge in [0.25, 0.3) is 0 Å². The number of rotatable bonds is 5. The quantitative estimate of drug-likeness (QED) is 0.871. The molecule has 0 saturated carbocycles. The lowest BCUT2D eigenvalue weighted by Crippen LogP contribution is -2.18. The highest BCUT2D eigenvalue weighted by molar-refractivity contribution is 5.69. The molecule has 106 valence electrons. The minimum Gasteiger partial charge on any atom is -0.496 e. The van der Waals surface area contributed by atoms with Crippen LogP contribution in [0.25, 0.3) is 11.1 Å². The zero-order chi connectivity index (χ0) is 14.5. The fourth-order valence-corrected chi connectivity index (χ4v) is 2.60. The van der Waals surface area contributed by atoms with E-state index < -0.39 is 0 Å². The SMILES string of the molecule is CCNC(C)c1ccccc1-c1ccc(OC)c(C)c1. The maximum atomic E-state index is 5.34. The van der Waals surface area contributed by atoms with Crippen molar-refractivity contribution in [2.45, 2.75) is 26.8 Å².